The third kappa shape index (κ3) is 2.81. The molecule has 1 aromatic rings. The molecule has 3 nitrogen and oxygen atoms in total. The van der Waals surface area contributed by atoms with Crippen LogP contribution in [0.3, 0.4) is 0 Å². The van der Waals surface area contributed by atoms with Crippen molar-refractivity contribution in [2.45, 2.75) is 6.92 Å². The standard InChI is InChI=1S/C10H14FN3S/c1-8-6-14(2-3-15-7-8)10-12-4-9(11)5-13-10/h4-5,8H,2-3,6-7H2,1H3/t8-/m0/s1. The van der Waals surface area contributed by atoms with Crippen molar-refractivity contribution in [3.8, 4) is 0 Å². The summed E-state index contributed by atoms with van der Waals surface area (Å²) in [6.07, 6.45) is 2.45. The predicted octanol–water partition coefficient (Wildman–Crippen LogP) is 1.80. The molecule has 2 heterocycles. The van der Waals surface area contributed by atoms with Crippen LogP contribution < -0.4 is 4.90 Å². The highest BCUT2D eigenvalue weighted by Gasteiger charge is 2.16. The van der Waals surface area contributed by atoms with E-state index in [-0.39, 0.29) is 5.82 Å². The first kappa shape index (κ1) is 10.7. The summed E-state index contributed by atoms with van der Waals surface area (Å²) >= 11 is 1.95. The van der Waals surface area contributed by atoms with Crippen LogP contribution in [0.2, 0.25) is 0 Å². The van der Waals surface area contributed by atoms with Crippen LogP contribution in [0.15, 0.2) is 12.4 Å². The molecule has 5 heteroatoms. The lowest BCUT2D eigenvalue weighted by Gasteiger charge is -2.21. The second kappa shape index (κ2) is 4.79. The van der Waals surface area contributed by atoms with E-state index in [0.29, 0.717) is 11.9 Å². The summed E-state index contributed by atoms with van der Waals surface area (Å²) in [7, 11) is 0. The van der Waals surface area contributed by atoms with Gasteiger partial charge in [-0.3, -0.25) is 0 Å². The molecule has 0 bridgehead atoms. The summed E-state index contributed by atoms with van der Waals surface area (Å²) in [5.41, 5.74) is 0. The molecular weight excluding hydrogens is 213 g/mol. The summed E-state index contributed by atoms with van der Waals surface area (Å²) in [6, 6.07) is 0. The monoisotopic (exact) mass is 227 g/mol. The SMILES string of the molecule is C[C@@H]1CSCCN(c2ncc(F)cn2)C1. The second-order valence-corrected chi connectivity index (χ2v) is 4.98. The summed E-state index contributed by atoms with van der Waals surface area (Å²) in [5.74, 6) is 3.16. The fraction of sp³-hybridized carbons (Fsp3) is 0.600. The molecular formula is C10H14FN3S. The molecule has 1 aliphatic rings. The van der Waals surface area contributed by atoms with Crippen molar-refractivity contribution in [3.63, 3.8) is 0 Å². The zero-order valence-corrected chi connectivity index (χ0v) is 9.50. The fourth-order valence-electron chi connectivity index (χ4n) is 1.63. The third-order valence-corrected chi connectivity index (χ3v) is 3.61. The van der Waals surface area contributed by atoms with Crippen LogP contribution in [0, 0.1) is 11.7 Å². The first-order valence-electron chi connectivity index (χ1n) is 5.06. The summed E-state index contributed by atoms with van der Waals surface area (Å²) < 4.78 is 12.7. The lowest BCUT2D eigenvalue weighted by molar-refractivity contribution is 0.601. The molecule has 0 saturated carbocycles. The molecule has 1 aromatic heterocycles. The van der Waals surface area contributed by atoms with Gasteiger partial charge in [0.05, 0.1) is 12.4 Å². The number of halogens is 1. The van der Waals surface area contributed by atoms with Crippen molar-refractivity contribution in [2.24, 2.45) is 5.92 Å². The molecule has 0 N–H and O–H groups in total. The molecule has 0 aromatic carbocycles. The van der Waals surface area contributed by atoms with Crippen LogP contribution >= 0.6 is 11.8 Å². The van der Waals surface area contributed by atoms with E-state index in [1.807, 2.05) is 11.8 Å². The van der Waals surface area contributed by atoms with E-state index in [1.54, 1.807) is 0 Å². The number of nitrogens with zero attached hydrogens (tertiary/aromatic N) is 3. The summed E-state index contributed by atoms with van der Waals surface area (Å²) in [4.78, 5) is 10.1. The zero-order valence-electron chi connectivity index (χ0n) is 8.69. The van der Waals surface area contributed by atoms with E-state index in [0.717, 1.165) is 18.8 Å². The molecule has 0 amide bonds. The van der Waals surface area contributed by atoms with Crippen LogP contribution in [-0.2, 0) is 0 Å². The van der Waals surface area contributed by atoms with Gasteiger partial charge in [0.25, 0.3) is 0 Å². The van der Waals surface area contributed by atoms with Crippen LogP contribution in [-0.4, -0.2) is 34.6 Å². The Morgan fingerprint density at radius 2 is 2.20 bits per heavy atom. The number of hydrogen-bond donors (Lipinski definition) is 0. The molecule has 0 spiro atoms. The number of anilines is 1. The highest BCUT2D eigenvalue weighted by molar-refractivity contribution is 7.99. The number of hydrogen-bond acceptors (Lipinski definition) is 4. The normalized spacial score (nSPS) is 22.5. The van der Waals surface area contributed by atoms with Crippen LogP contribution in [0.25, 0.3) is 0 Å². The Hall–Kier alpha value is -0.840. The Kier molecular flexibility index (Phi) is 3.41. The highest BCUT2D eigenvalue weighted by Crippen LogP contribution is 2.18. The van der Waals surface area contributed by atoms with Crippen molar-refractivity contribution in [3.05, 3.63) is 18.2 Å². The smallest absolute Gasteiger partial charge is 0.225 e. The Morgan fingerprint density at radius 3 is 2.93 bits per heavy atom. The van der Waals surface area contributed by atoms with Gasteiger partial charge in [0.15, 0.2) is 5.82 Å². The van der Waals surface area contributed by atoms with Gasteiger partial charge >= 0.3 is 0 Å². The number of rotatable bonds is 1. The lowest BCUT2D eigenvalue weighted by Crippen LogP contribution is -2.30. The van der Waals surface area contributed by atoms with Crippen molar-refractivity contribution < 1.29 is 4.39 Å². The van der Waals surface area contributed by atoms with Gasteiger partial charge in [0.2, 0.25) is 5.95 Å². The molecule has 82 valence electrons. The van der Waals surface area contributed by atoms with Gasteiger partial charge in [-0.15, -0.1) is 0 Å². The topological polar surface area (TPSA) is 29.0 Å². The minimum absolute atomic E-state index is 0.379. The molecule has 2 rings (SSSR count). The minimum Gasteiger partial charge on any atom is -0.340 e. The van der Waals surface area contributed by atoms with Gasteiger partial charge in [0.1, 0.15) is 0 Å². The third-order valence-electron chi connectivity index (χ3n) is 2.33. The maximum atomic E-state index is 12.7. The van der Waals surface area contributed by atoms with Gasteiger partial charge in [-0.1, -0.05) is 6.92 Å². The van der Waals surface area contributed by atoms with Gasteiger partial charge in [-0.05, 0) is 11.7 Å². The van der Waals surface area contributed by atoms with E-state index in [1.165, 1.54) is 18.1 Å². The van der Waals surface area contributed by atoms with E-state index in [9.17, 15) is 4.39 Å². The maximum Gasteiger partial charge on any atom is 0.225 e. The first-order chi connectivity index (χ1) is 7.25. The van der Waals surface area contributed by atoms with Crippen molar-refractivity contribution in [1.29, 1.82) is 0 Å². The average molecular weight is 227 g/mol. The Bertz CT molecular complexity index is 317. The second-order valence-electron chi connectivity index (χ2n) is 3.83. The fourth-order valence-corrected chi connectivity index (χ4v) is 2.65. The van der Waals surface area contributed by atoms with Crippen LogP contribution in [0.5, 0.6) is 0 Å². The maximum absolute atomic E-state index is 12.7. The van der Waals surface area contributed by atoms with Crippen molar-refractivity contribution in [1.82, 2.24) is 9.97 Å². The van der Waals surface area contributed by atoms with Crippen molar-refractivity contribution >= 4 is 17.7 Å². The van der Waals surface area contributed by atoms with Gasteiger partial charge in [-0.2, -0.15) is 11.8 Å². The first-order valence-corrected chi connectivity index (χ1v) is 6.21. The van der Waals surface area contributed by atoms with E-state index >= 15 is 0 Å². The highest BCUT2D eigenvalue weighted by atomic mass is 32.2. The number of thioether (sulfide) groups is 1. The Morgan fingerprint density at radius 1 is 1.47 bits per heavy atom. The molecule has 1 aliphatic heterocycles. The molecule has 0 radical (unpaired) electrons. The van der Waals surface area contributed by atoms with E-state index in [4.69, 9.17) is 0 Å². The van der Waals surface area contributed by atoms with E-state index < -0.39 is 0 Å². The molecule has 1 fully saturated rings. The molecule has 1 atom stereocenters. The van der Waals surface area contributed by atoms with Crippen molar-refractivity contribution in [2.75, 3.05) is 29.5 Å². The van der Waals surface area contributed by atoms with Gasteiger partial charge in [0, 0.05) is 18.8 Å². The lowest BCUT2D eigenvalue weighted by atomic mass is 10.2. The van der Waals surface area contributed by atoms with E-state index in [2.05, 4.69) is 21.8 Å². The summed E-state index contributed by atoms with van der Waals surface area (Å²) in [6.45, 7) is 4.12. The molecule has 15 heavy (non-hydrogen) atoms. The van der Waals surface area contributed by atoms with Gasteiger partial charge < -0.3 is 4.90 Å². The predicted molar refractivity (Wildman–Crippen MR) is 60.7 cm³/mol. The molecule has 0 unspecified atom stereocenters. The van der Waals surface area contributed by atoms with Gasteiger partial charge in [-0.25, -0.2) is 14.4 Å². The molecule has 0 aliphatic carbocycles. The largest absolute Gasteiger partial charge is 0.340 e. The Labute approximate surface area is 93.1 Å². The summed E-state index contributed by atoms with van der Waals surface area (Å²) in [5, 5.41) is 0. The minimum atomic E-state index is -0.379. The average Bonchev–Trinajstić information content (AvgIpc) is 2.44. The quantitative estimate of drug-likeness (QED) is 0.731. The molecule has 1 saturated heterocycles. The Balaban J connectivity index is 2.11. The zero-order chi connectivity index (χ0) is 10.7. The van der Waals surface area contributed by atoms with Crippen LogP contribution in [0.1, 0.15) is 6.92 Å². The van der Waals surface area contributed by atoms with Crippen LogP contribution in [0.4, 0.5) is 10.3 Å². The number of aromatic nitrogens is 2.